The van der Waals surface area contributed by atoms with Crippen molar-refractivity contribution in [3.63, 3.8) is 0 Å². The average Bonchev–Trinajstić information content (AvgIpc) is 3.05. The number of halogens is 2. The maximum absolute atomic E-state index is 13.1. The highest BCUT2D eigenvalue weighted by atomic mass is 35.5. The molecule has 0 saturated heterocycles. The molecule has 1 atom stereocenters. The third-order valence-corrected chi connectivity index (χ3v) is 4.43. The lowest BCUT2D eigenvalue weighted by molar-refractivity contribution is 0.628. The maximum atomic E-state index is 13.1. The van der Waals surface area contributed by atoms with Gasteiger partial charge in [-0.2, -0.15) is 0 Å². The Kier molecular flexibility index (Phi) is 3.27. The fourth-order valence-electron chi connectivity index (χ4n) is 2.08. The quantitative estimate of drug-likeness (QED) is 0.822. The molecule has 0 aliphatic heterocycles. The van der Waals surface area contributed by atoms with Crippen molar-refractivity contribution in [1.82, 2.24) is 0 Å². The Bertz CT molecular complexity index is 537. The van der Waals surface area contributed by atoms with Crippen LogP contribution in [0.25, 0.3) is 0 Å². The first-order valence-corrected chi connectivity index (χ1v) is 7.25. The van der Waals surface area contributed by atoms with Gasteiger partial charge in [0, 0.05) is 10.6 Å². The molecule has 1 nitrogen and oxygen atoms in total. The van der Waals surface area contributed by atoms with Crippen molar-refractivity contribution in [2.75, 3.05) is 5.32 Å². The Balaban J connectivity index is 1.82. The van der Waals surface area contributed by atoms with E-state index in [0.29, 0.717) is 12.0 Å². The molecule has 0 radical (unpaired) electrons. The SMILES string of the molecule is Fc1ccc(NC(c2cccs2)C2CC2)cc1Cl. The summed E-state index contributed by atoms with van der Waals surface area (Å²) in [5.41, 5.74) is 0.881. The zero-order valence-corrected chi connectivity index (χ0v) is 11.3. The van der Waals surface area contributed by atoms with Crippen LogP contribution in [0.15, 0.2) is 35.7 Å². The lowest BCUT2D eigenvalue weighted by atomic mass is 10.1. The Morgan fingerprint density at radius 1 is 1.33 bits per heavy atom. The first-order valence-electron chi connectivity index (χ1n) is 5.99. The van der Waals surface area contributed by atoms with Crippen molar-refractivity contribution in [3.05, 3.63) is 51.4 Å². The summed E-state index contributed by atoms with van der Waals surface area (Å²) in [6, 6.07) is 9.33. The molecular weight excluding hydrogens is 269 g/mol. The van der Waals surface area contributed by atoms with E-state index in [-0.39, 0.29) is 10.8 Å². The van der Waals surface area contributed by atoms with Crippen molar-refractivity contribution in [2.45, 2.75) is 18.9 Å². The standard InChI is InChI=1S/C14H13ClFNS/c15-11-8-10(5-6-12(11)16)17-14(9-3-4-9)13-2-1-7-18-13/h1-2,5-9,14,17H,3-4H2. The zero-order chi connectivity index (χ0) is 12.5. The summed E-state index contributed by atoms with van der Waals surface area (Å²) in [6.07, 6.45) is 2.51. The molecule has 1 aliphatic rings. The van der Waals surface area contributed by atoms with Gasteiger partial charge in [-0.25, -0.2) is 4.39 Å². The fourth-order valence-corrected chi connectivity index (χ4v) is 3.13. The summed E-state index contributed by atoms with van der Waals surface area (Å²) in [5.74, 6) is 0.314. The van der Waals surface area contributed by atoms with E-state index in [9.17, 15) is 4.39 Å². The maximum Gasteiger partial charge on any atom is 0.141 e. The summed E-state index contributed by atoms with van der Waals surface area (Å²) in [6.45, 7) is 0. The molecule has 2 aromatic rings. The second-order valence-corrected chi connectivity index (χ2v) is 5.99. The summed E-state index contributed by atoms with van der Waals surface area (Å²) < 4.78 is 13.1. The minimum absolute atomic E-state index is 0.167. The molecule has 1 fully saturated rings. The van der Waals surface area contributed by atoms with E-state index in [1.807, 2.05) is 0 Å². The topological polar surface area (TPSA) is 12.0 Å². The highest BCUT2D eigenvalue weighted by Crippen LogP contribution is 2.44. The van der Waals surface area contributed by atoms with Gasteiger partial charge in [0.25, 0.3) is 0 Å². The molecule has 1 aliphatic carbocycles. The van der Waals surface area contributed by atoms with Gasteiger partial charge in [0.15, 0.2) is 0 Å². The molecule has 4 heteroatoms. The minimum Gasteiger partial charge on any atom is -0.377 e. The van der Waals surface area contributed by atoms with Crippen molar-refractivity contribution in [3.8, 4) is 0 Å². The molecule has 1 aromatic carbocycles. The van der Waals surface area contributed by atoms with Crippen LogP contribution in [0.4, 0.5) is 10.1 Å². The van der Waals surface area contributed by atoms with Crippen LogP contribution in [0.3, 0.4) is 0 Å². The molecule has 1 N–H and O–H groups in total. The third-order valence-electron chi connectivity index (χ3n) is 3.18. The van der Waals surface area contributed by atoms with E-state index in [1.54, 1.807) is 23.5 Å². The summed E-state index contributed by atoms with van der Waals surface area (Å²) in [4.78, 5) is 1.33. The number of anilines is 1. The Morgan fingerprint density at radius 3 is 2.78 bits per heavy atom. The predicted molar refractivity (Wildman–Crippen MR) is 74.8 cm³/mol. The van der Waals surface area contributed by atoms with Crippen LogP contribution >= 0.6 is 22.9 Å². The van der Waals surface area contributed by atoms with Gasteiger partial charge in [0.2, 0.25) is 0 Å². The zero-order valence-electron chi connectivity index (χ0n) is 9.70. The van der Waals surface area contributed by atoms with Crippen LogP contribution in [0.5, 0.6) is 0 Å². The highest BCUT2D eigenvalue weighted by molar-refractivity contribution is 7.10. The number of rotatable bonds is 4. The normalized spacial score (nSPS) is 16.6. The van der Waals surface area contributed by atoms with Crippen LogP contribution < -0.4 is 5.32 Å². The largest absolute Gasteiger partial charge is 0.377 e. The molecule has 0 spiro atoms. The number of hydrogen-bond acceptors (Lipinski definition) is 2. The van der Waals surface area contributed by atoms with E-state index in [4.69, 9.17) is 11.6 Å². The first-order chi connectivity index (χ1) is 8.74. The van der Waals surface area contributed by atoms with Crippen molar-refractivity contribution in [1.29, 1.82) is 0 Å². The van der Waals surface area contributed by atoms with Crippen LogP contribution in [-0.4, -0.2) is 0 Å². The molecule has 0 bridgehead atoms. The van der Waals surface area contributed by atoms with Crippen LogP contribution in [0, 0.1) is 11.7 Å². The van der Waals surface area contributed by atoms with E-state index in [1.165, 1.54) is 23.8 Å². The smallest absolute Gasteiger partial charge is 0.141 e. The van der Waals surface area contributed by atoms with Gasteiger partial charge in [0.05, 0.1) is 11.1 Å². The molecule has 1 aromatic heterocycles. The molecule has 1 unspecified atom stereocenters. The van der Waals surface area contributed by atoms with Crippen LogP contribution in [0.1, 0.15) is 23.8 Å². The van der Waals surface area contributed by atoms with Crippen molar-refractivity contribution >= 4 is 28.6 Å². The monoisotopic (exact) mass is 281 g/mol. The van der Waals surface area contributed by atoms with E-state index < -0.39 is 0 Å². The molecule has 1 saturated carbocycles. The first kappa shape index (κ1) is 12.0. The van der Waals surface area contributed by atoms with Gasteiger partial charge in [-0.05, 0) is 48.4 Å². The summed E-state index contributed by atoms with van der Waals surface area (Å²) >= 11 is 7.56. The molecule has 3 rings (SSSR count). The second kappa shape index (κ2) is 4.90. The fraction of sp³-hybridized carbons (Fsp3) is 0.286. The Hall–Kier alpha value is -1.06. The van der Waals surface area contributed by atoms with Gasteiger partial charge in [-0.3, -0.25) is 0 Å². The van der Waals surface area contributed by atoms with Crippen molar-refractivity contribution < 1.29 is 4.39 Å². The van der Waals surface area contributed by atoms with Gasteiger partial charge >= 0.3 is 0 Å². The van der Waals surface area contributed by atoms with Gasteiger partial charge < -0.3 is 5.32 Å². The Labute approximate surface area is 115 Å². The van der Waals surface area contributed by atoms with Crippen molar-refractivity contribution in [2.24, 2.45) is 5.92 Å². The molecular formula is C14H13ClFNS. The van der Waals surface area contributed by atoms with E-state index in [2.05, 4.69) is 22.8 Å². The second-order valence-electron chi connectivity index (χ2n) is 4.60. The number of hydrogen-bond donors (Lipinski definition) is 1. The summed E-state index contributed by atoms with van der Waals surface area (Å²) in [5, 5.41) is 5.73. The summed E-state index contributed by atoms with van der Waals surface area (Å²) in [7, 11) is 0. The van der Waals surface area contributed by atoms with Gasteiger partial charge in [-0.15, -0.1) is 11.3 Å². The minimum atomic E-state index is -0.374. The number of benzene rings is 1. The Morgan fingerprint density at radius 2 is 2.17 bits per heavy atom. The molecule has 0 amide bonds. The average molecular weight is 282 g/mol. The lowest BCUT2D eigenvalue weighted by Gasteiger charge is -2.18. The number of thiophene rings is 1. The highest BCUT2D eigenvalue weighted by Gasteiger charge is 2.32. The van der Waals surface area contributed by atoms with Crippen LogP contribution in [-0.2, 0) is 0 Å². The van der Waals surface area contributed by atoms with Gasteiger partial charge in [0.1, 0.15) is 5.82 Å². The molecule has 94 valence electrons. The third kappa shape index (κ3) is 2.52. The lowest BCUT2D eigenvalue weighted by Crippen LogP contribution is -2.11. The van der Waals surface area contributed by atoms with Gasteiger partial charge in [-0.1, -0.05) is 17.7 Å². The number of nitrogens with one attached hydrogen (secondary N) is 1. The van der Waals surface area contributed by atoms with E-state index in [0.717, 1.165) is 5.69 Å². The molecule has 18 heavy (non-hydrogen) atoms. The van der Waals surface area contributed by atoms with E-state index >= 15 is 0 Å². The predicted octanol–water partition coefficient (Wildman–Crippen LogP) is 5.10. The molecule has 1 heterocycles. The van der Waals surface area contributed by atoms with Crippen LogP contribution in [0.2, 0.25) is 5.02 Å².